The van der Waals surface area contributed by atoms with Crippen LogP contribution < -0.4 is 4.74 Å². The molecule has 23 heavy (non-hydrogen) atoms. The Kier molecular flexibility index (Phi) is 2.75. The second-order valence-corrected chi connectivity index (χ2v) is 5.04. The maximum absolute atomic E-state index is 14.2. The van der Waals surface area contributed by atoms with Gasteiger partial charge in [-0.1, -0.05) is 12.1 Å². The average Bonchev–Trinajstić information content (AvgIpc) is 2.95. The van der Waals surface area contributed by atoms with Gasteiger partial charge in [-0.15, -0.1) is 13.2 Å². The molecule has 4 rings (SSSR count). The van der Waals surface area contributed by atoms with Crippen LogP contribution in [0.1, 0.15) is 0 Å². The Labute approximate surface area is 126 Å². The van der Waals surface area contributed by atoms with Crippen LogP contribution in [0.3, 0.4) is 0 Å². The number of nitrogens with zero attached hydrogens (tertiary/aromatic N) is 2. The minimum absolute atomic E-state index is 0.307. The minimum atomic E-state index is -4.78. The number of ether oxygens (including phenoxy) is 1. The van der Waals surface area contributed by atoms with Crippen LogP contribution in [-0.2, 0) is 0 Å². The van der Waals surface area contributed by atoms with Crippen molar-refractivity contribution in [2.75, 3.05) is 0 Å². The molecular formula is C16H8F4N2O. The van der Waals surface area contributed by atoms with E-state index in [9.17, 15) is 17.6 Å². The van der Waals surface area contributed by atoms with Crippen molar-refractivity contribution in [1.82, 2.24) is 9.38 Å². The molecule has 2 aromatic heterocycles. The molecule has 7 heteroatoms. The van der Waals surface area contributed by atoms with E-state index in [1.54, 1.807) is 10.5 Å². The lowest BCUT2D eigenvalue weighted by atomic mass is 10.0. The number of hydrogen-bond donors (Lipinski definition) is 0. The lowest BCUT2D eigenvalue weighted by molar-refractivity contribution is -0.274. The summed E-state index contributed by atoms with van der Waals surface area (Å²) in [7, 11) is 0. The molecule has 0 fully saturated rings. The van der Waals surface area contributed by atoms with Gasteiger partial charge < -0.3 is 4.74 Å². The topological polar surface area (TPSA) is 26.5 Å². The molecule has 0 radical (unpaired) electrons. The van der Waals surface area contributed by atoms with Crippen molar-refractivity contribution in [2.24, 2.45) is 0 Å². The number of benzene rings is 2. The molecule has 0 atom stereocenters. The molecule has 0 unspecified atom stereocenters. The van der Waals surface area contributed by atoms with Crippen molar-refractivity contribution >= 4 is 27.2 Å². The van der Waals surface area contributed by atoms with Gasteiger partial charge in [-0.3, -0.25) is 4.40 Å². The summed E-state index contributed by atoms with van der Waals surface area (Å²) in [6, 6.07) is 8.45. The van der Waals surface area contributed by atoms with E-state index in [1.807, 2.05) is 0 Å². The van der Waals surface area contributed by atoms with Gasteiger partial charge in [0.15, 0.2) is 0 Å². The van der Waals surface area contributed by atoms with Gasteiger partial charge in [0.05, 0.1) is 23.6 Å². The highest BCUT2D eigenvalue weighted by atomic mass is 19.4. The smallest absolute Gasteiger partial charge is 0.406 e. The molecule has 0 N–H and O–H groups in total. The molecular weight excluding hydrogens is 312 g/mol. The monoisotopic (exact) mass is 320 g/mol. The highest BCUT2D eigenvalue weighted by Crippen LogP contribution is 2.34. The summed E-state index contributed by atoms with van der Waals surface area (Å²) in [5, 5.41) is 1.26. The third-order valence-electron chi connectivity index (χ3n) is 3.66. The van der Waals surface area contributed by atoms with Crippen molar-refractivity contribution in [1.29, 1.82) is 0 Å². The summed E-state index contributed by atoms with van der Waals surface area (Å²) in [6.45, 7) is 0. The molecule has 0 amide bonds. The van der Waals surface area contributed by atoms with E-state index in [-0.39, 0.29) is 5.75 Å². The van der Waals surface area contributed by atoms with Crippen molar-refractivity contribution in [3.05, 3.63) is 54.7 Å². The lowest BCUT2D eigenvalue weighted by Crippen LogP contribution is -2.17. The molecule has 0 bridgehead atoms. The van der Waals surface area contributed by atoms with E-state index in [0.717, 1.165) is 0 Å². The fraction of sp³-hybridized carbons (Fsp3) is 0.0625. The van der Waals surface area contributed by atoms with Crippen LogP contribution in [0.4, 0.5) is 17.6 Å². The lowest BCUT2D eigenvalue weighted by Gasteiger charge is -2.12. The Morgan fingerprint density at radius 2 is 1.83 bits per heavy atom. The maximum atomic E-state index is 14.2. The van der Waals surface area contributed by atoms with Gasteiger partial charge >= 0.3 is 6.36 Å². The number of rotatable bonds is 1. The normalized spacial score (nSPS) is 12.3. The Morgan fingerprint density at radius 1 is 1.00 bits per heavy atom. The quantitative estimate of drug-likeness (QED) is 0.376. The summed E-state index contributed by atoms with van der Waals surface area (Å²) in [6.07, 6.45) is -1.77. The molecule has 0 aliphatic carbocycles. The predicted octanol–water partition coefficient (Wildman–Crippen LogP) is 4.68. The van der Waals surface area contributed by atoms with E-state index in [2.05, 4.69) is 9.72 Å². The average molecular weight is 320 g/mol. The molecule has 0 saturated carbocycles. The number of hydrogen-bond acceptors (Lipinski definition) is 2. The molecule has 0 aliphatic heterocycles. The van der Waals surface area contributed by atoms with E-state index < -0.39 is 12.2 Å². The maximum Gasteiger partial charge on any atom is 0.573 e. The Hall–Kier alpha value is -2.83. The third kappa shape index (κ3) is 2.16. The van der Waals surface area contributed by atoms with Gasteiger partial charge in [0.1, 0.15) is 11.6 Å². The van der Waals surface area contributed by atoms with Crippen molar-refractivity contribution in [3.8, 4) is 5.75 Å². The number of aromatic nitrogens is 2. The first-order valence-corrected chi connectivity index (χ1v) is 6.66. The van der Waals surface area contributed by atoms with Crippen molar-refractivity contribution in [3.63, 3.8) is 0 Å². The summed E-state index contributed by atoms with van der Waals surface area (Å²) in [5.41, 5.74) is 1.17. The predicted molar refractivity (Wildman–Crippen MR) is 76.8 cm³/mol. The molecule has 0 saturated heterocycles. The van der Waals surface area contributed by atoms with Crippen LogP contribution in [0.5, 0.6) is 5.75 Å². The molecule has 116 valence electrons. The first-order chi connectivity index (χ1) is 10.9. The molecule has 3 nitrogen and oxygen atoms in total. The van der Waals surface area contributed by atoms with Crippen LogP contribution in [0.2, 0.25) is 0 Å². The molecule has 2 heterocycles. The van der Waals surface area contributed by atoms with Crippen LogP contribution >= 0.6 is 0 Å². The Bertz CT molecular complexity index is 1050. The van der Waals surface area contributed by atoms with Crippen LogP contribution in [0.25, 0.3) is 27.2 Å². The molecule has 0 aliphatic rings. The molecule has 4 aromatic rings. The third-order valence-corrected chi connectivity index (χ3v) is 3.66. The zero-order valence-electron chi connectivity index (χ0n) is 11.4. The van der Waals surface area contributed by atoms with Gasteiger partial charge in [-0.05, 0) is 29.7 Å². The highest BCUT2D eigenvalue weighted by Gasteiger charge is 2.31. The van der Waals surface area contributed by atoms with Crippen molar-refractivity contribution in [2.45, 2.75) is 6.36 Å². The number of imidazole rings is 1. The Balaban J connectivity index is 2.14. The van der Waals surface area contributed by atoms with Gasteiger partial charge in [0, 0.05) is 10.8 Å². The van der Waals surface area contributed by atoms with E-state index >= 15 is 0 Å². The number of halogens is 4. The zero-order chi connectivity index (χ0) is 16.2. The second-order valence-electron chi connectivity index (χ2n) is 5.04. The van der Waals surface area contributed by atoms with E-state index in [1.165, 1.54) is 42.9 Å². The van der Waals surface area contributed by atoms with Crippen LogP contribution in [0, 0.1) is 5.82 Å². The van der Waals surface area contributed by atoms with Crippen molar-refractivity contribution < 1.29 is 22.3 Å². The zero-order valence-corrected chi connectivity index (χ0v) is 11.4. The summed E-state index contributed by atoms with van der Waals surface area (Å²) >= 11 is 0. The highest BCUT2D eigenvalue weighted by molar-refractivity contribution is 6.12. The van der Waals surface area contributed by atoms with Gasteiger partial charge in [-0.2, -0.15) is 0 Å². The first-order valence-electron chi connectivity index (χ1n) is 6.66. The fourth-order valence-corrected chi connectivity index (χ4v) is 2.82. The van der Waals surface area contributed by atoms with Crippen LogP contribution in [0.15, 0.2) is 48.9 Å². The standard InChI is InChI=1S/C16H8F4N2O/c17-12-3-1-2-10-11-6-9(23-16(18,19)20)4-5-13(11)22-8-21-7-14(22)15(10)12/h1-8H. The van der Waals surface area contributed by atoms with Gasteiger partial charge in [-0.25, -0.2) is 9.37 Å². The Morgan fingerprint density at radius 3 is 2.61 bits per heavy atom. The second kappa shape index (κ2) is 4.58. The van der Waals surface area contributed by atoms with E-state index in [0.29, 0.717) is 27.2 Å². The summed E-state index contributed by atoms with van der Waals surface area (Å²) in [5.74, 6) is -0.813. The van der Waals surface area contributed by atoms with Crippen LogP contribution in [-0.4, -0.2) is 15.7 Å². The molecule has 0 spiro atoms. The SMILES string of the molecule is Fc1cccc2c3cc(OC(F)(F)F)ccc3n3cncc3c12. The number of fused-ring (bicyclic) bond motifs is 6. The summed E-state index contributed by atoms with van der Waals surface area (Å²) < 4.78 is 57.1. The fourth-order valence-electron chi connectivity index (χ4n) is 2.82. The van der Waals surface area contributed by atoms with Gasteiger partial charge in [0.2, 0.25) is 0 Å². The molecule has 2 aromatic carbocycles. The number of pyridine rings is 1. The number of alkyl halides is 3. The minimum Gasteiger partial charge on any atom is -0.406 e. The summed E-state index contributed by atoms with van der Waals surface area (Å²) in [4.78, 5) is 4.01. The largest absolute Gasteiger partial charge is 0.573 e. The van der Waals surface area contributed by atoms with E-state index in [4.69, 9.17) is 0 Å². The van der Waals surface area contributed by atoms with Gasteiger partial charge in [0.25, 0.3) is 0 Å². The first kappa shape index (κ1) is 13.8.